The van der Waals surface area contributed by atoms with E-state index in [-0.39, 0.29) is 5.91 Å². The molecule has 0 atom stereocenters. The van der Waals surface area contributed by atoms with Crippen LogP contribution in [0.15, 0.2) is 48.5 Å². The highest BCUT2D eigenvalue weighted by Gasteiger charge is 2.05. The zero-order chi connectivity index (χ0) is 15.2. The van der Waals surface area contributed by atoms with Crippen molar-refractivity contribution >= 4 is 11.6 Å². The molecule has 2 rings (SSSR count). The molecule has 2 aromatic rings. The van der Waals surface area contributed by atoms with Gasteiger partial charge in [0.2, 0.25) is 5.91 Å². The lowest BCUT2D eigenvalue weighted by Crippen LogP contribution is -2.14. The minimum atomic E-state index is 0.0283. The summed E-state index contributed by atoms with van der Waals surface area (Å²) in [6.45, 7) is 6.45. The van der Waals surface area contributed by atoms with Gasteiger partial charge in [-0.05, 0) is 41.2 Å². The van der Waals surface area contributed by atoms with E-state index in [0.717, 1.165) is 17.7 Å². The molecular formula is C19H23NO. The van der Waals surface area contributed by atoms with Crippen molar-refractivity contribution in [3.63, 3.8) is 0 Å². The van der Waals surface area contributed by atoms with E-state index in [4.69, 9.17) is 0 Å². The normalized spacial score (nSPS) is 10.7. The van der Waals surface area contributed by atoms with Crippen LogP contribution < -0.4 is 5.32 Å². The summed E-state index contributed by atoms with van der Waals surface area (Å²) in [6.07, 6.45) is 1.38. The Hall–Kier alpha value is -2.09. The third-order valence-corrected chi connectivity index (χ3v) is 3.63. The summed E-state index contributed by atoms with van der Waals surface area (Å²) in [7, 11) is 0. The van der Waals surface area contributed by atoms with Crippen molar-refractivity contribution in [1.82, 2.24) is 0 Å². The van der Waals surface area contributed by atoms with Crippen molar-refractivity contribution in [2.24, 2.45) is 0 Å². The zero-order valence-electron chi connectivity index (χ0n) is 13.0. The maximum Gasteiger partial charge on any atom is 0.228 e. The van der Waals surface area contributed by atoms with Gasteiger partial charge in [0.25, 0.3) is 0 Å². The molecule has 110 valence electrons. The van der Waals surface area contributed by atoms with E-state index in [1.807, 2.05) is 30.3 Å². The molecule has 0 heterocycles. The van der Waals surface area contributed by atoms with E-state index < -0.39 is 0 Å². The highest BCUT2D eigenvalue weighted by Crippen LogP contribution is 2.16. The predicted octanol–water partition coefficient (Wildman–Crippen LogP) is 4.55. The van der Waals surface area contributed by atoms with Crippen LogP contribution in [0.2, 0.25) is 0 Å². The highest BCUT2D eigenvalue weighted by atomic mass is 16.1. The van der Waals surface area contributed by atoms with Crippen LogP contribution in [0.1, 0.15) is 43.4 Å². The smallest absolute Gasteiger partial charge is 0.228 e. The standard InChI is InChI=1S/C19H23NO/c1-4-15-6-5-7-18(12-15)20-19(21)13-16-8-10-17(11-9-16)14(2)3/h5-12,14H,4,13H2,1-3H3,(H,20,21). The Bertz CT molecular complexity index is 599. The summed E-state index contributed by atoms with van der Waals surface area (Å²) in [5.74, 6) is 0.546. The first-order valence-corrected chi connectivity index (χ1v) is 7.56. The number of rotatable bonds is 5. The Morgan fingerprint density at radius 2 is 1.76 bits per heavy atom. The monoisotopic (exact) mass is 281 g/mol. The van der Waals surface area contributed by atoms with Gasteiger partial charge >= 0.3 is 0 Å². The van der Waals surface area contributed by atoms with Gasteiger partial charge in [0, 0.05) is 5.69 Å². The summed E-state index contributed by atoms with van der Waals surface area (Å²) in [5, 5.41) is 2.96. The van der Waals surface area contributed by atoms with Gasteiger partial charge in [-0.2, -0.15) is 0 Å². The Morgan fingerprint density at radius 3 is 2.38 bits per heavy atom. The fourth-order valence-corrected chi connectivity index (χ4v) is 2.28. The topological polar surface area (TPSA) is 29.1 Å². The van der Waals surface area contributed by atoms with Crippen LogP contribution in [0.25, 0.3) is 0 Å². The predicted molar refractivity (Wildman–Crippen MR) is 88.7 cm³/mol. The van der Waals surface area contributed by atoms with Crippen LogP contribution in [0.3, 0.4) is 0 Å². The summed E-state index contributed by atoms with van der Waals surface area (Å²) in [6, 6.07) is 16.3. The van der Waals surface area contributed by atoms with Crippen LogP contribution in [-0.4, -0.2) is 5.91 Å². The third kappa shape index (κ3) is 4.45. The minimum Gasteiger partial charge on any atom is -0.326 e. The van der Waals surface area contributed by atoms with Gasteiger partial charge in [-0.1, -0.05) is 57.2 Å². The first-order valence-electron chi connectivity index (χ1n) is 7.56. The molecule has 0 spiro atoms. The average molecular weight is 281 g/mol. The quantitative estimate of drug-likeness (QED) is 0.855. The molecule has 1 N–H and O–H groups in total. The molecule has 1 amide bonds. The van der Waals surface area contributed by atoms with Crippen molar-refractivity contribution in [3.05, 3.63) is 65.2 Å². The number of hydrogen-bond donors (Lipinski definition) is 1. The summed E-state index contributed by atoms with van der Waals surface area (Å²) in [4.78, 5) is 12.1. The van der Waals surface area contributed by atoms with Crippen LogP contribution in [0.4, 0.5) is 5.69 Å². The van der Waals surface area contributed by atoms with Gasteiger partial charge in [-0.25, -0.2) is 0 Å². The molecule has 0 saturated heterocycles. The number of amides is 1. The Kier molecular flexibility index (Phi) is 5.15. The number of carbonyl (C=O) groups is 1. The van der Waals surface area contributed by atoms with Crippen LogP contribution in [-0.2, 0) is 17.6 Å². The second-order valence-electron chi connectivity index (χ2n) is 5.68. The summed E-state index contributed by atoms with van der Waals surface area (Å²) >= 11 is 0. The van der Waals surface area contributed by atoms with E-state index in [0.29, 0.717) is 12.3 Å². The fraction of sp³-hybridized carbons (Fsp3) is 0.316. The highest BCUT2D eigenvalue weighted by molar-refractivity contribution is 5.92. The molecule has 2 heteroatoms. The van der Waals surface area contributed by atoms with Crippen molar-refractivity contribution < 1.29 is 4.79 Å². The SMILES string of the molecule is CCc1cccc(NC(=O)Cc2ccc(C(C)C)cc2)c1. The molecule has 0 fully saturated rings. The van der Waals surface area contributed by atoms with Crippen molar-refractivity contribution in [2.45, 2.75) is 39.5 Å². The first kappa shape index (κ1) is 15.3. The average Bonchev–Trinajstić information content (AvgIpc) is 2.47. The zero-order valence-corrected chi connectivity index (χ0v) is 13.0. The van der Waals surface area contributed by atoms with Crippen LogP contribution >= 0.6 is 0 Å². The Balaban J connectivity index is 1.97. The van der Waals surface area contributed by atoms with Crippen molar-refractivity contribution in [3.8, 4) is 0 Å². The molecule has 0 radical (unpaired) electrons. The van der Waals surface area contributed by atoms with E-state index >= 15 is 0 Å². The number of anilines is 1. The number of carbonyl (C=O) groups excluding carboxylic acids is 1. The van der Waals surface area contributed by atoms with Crippen molar-refractivity contribution in [1.29, 1.82) is 0 Å². The molecule has 21 heavy (non-hydrogen) atoms. The molecule has 0 saturated carbocycles. The van der Waals surface area contributed by atoms with Gasteiger partial charge in [0.15, 0.2) is 0 Å². The lowest BCUT2D eigenvalue weighted by Gasteiger charge is -2.08. The molecule has 0 aliphatic heterocycles. The second kappa shape index (κ2) is 7.07. The van der Waals surface area contributed by atoms with Crippen LogP contribution in [0, 0.1) is 0 Å². The van der Waals surface area contributed by atoms with Crippen LogP contribution in [0.5, 0.6) is 0 Å². The lowest BCUT2D eigenvalue weighted by atomic mass is 10.0. The lowest BCUT2D eigenvalue weighted by molar-refractivity contribution is -0.115. The largest absolute Gasteiger partial charge is 0.326 e. The molecular weight excluding hydrogens is 258 g/mol. The third-order valence-electron chi connectivity index (χ3n) is 3.63. The number of nitrogens with one attached hydrogen (secondary N) is 1. The van der Waals surface area contributed by atoms with Gasteiger partial charge in [0.1, 0.15) is 0 Å². The van der Waals surface area contributed by atoms with Crippen molar-refractivity contribution in [2.75, 3.05) is 5.32 Å². The van der Waals surface area contributed by atoms with Gasteiger partial charge in [-0.3, -0.25) is 4.79 Å². The first-order chi connectivity index (χ1) is 10.1. The molecule has 0 aromatic heterocycles. The summed E-state index contributed by atoms with van der Waals surface area (Å²) < 4.78 is 0. The molecule has 2 nitrogen and oxygen atoms in total. The number of hydrogen-bond acceptors (Lipinski definition) is 1. The minimum absolute atomic E-state index is 0.0283. The second-order valence-corrected chi connectivity index (χ2v) is 5.68. The number of aryl methyl sites for hydroxylation is 1. The van der Waals surface area contributed by atoms with E-state index in [1.54, 1.807) is 0 Å². The Labute approximate surface area is 127 Å². The van der Waals surface area contributed by atoms with E-state index in [9.17, 15) is 4.79 Å². The van der Waals surface area contributed by atoms with Gasteiger partial charge in [-0.15, -0.1) is 0 Å². The maximum atomic E-state index is 12.1. The Morgan fingerprint density at radius 1 is 1.05 bits per heavy atom. The number of benzene rings is 2. The fourth-order valence-electron chi connectivity index (χ4n) is 2.28. The van der Waals surface area contributed by atoms with Gasteiger partial charge in [0.05, 0.1) is 6.42 Å². The maximum absolute atomic E-state index is 12.1. The molecule has 0 aliphatic carbocycles. The molecule has 0 bridgehead atoms. The molecule has 2 aromatic carbocycles. The van der Waals surface area contributed by atoms with E-state index in [2.05, 4.69) is 44.3 Å². The van der Waals surface area contributed by atoms with Gasteiger partial charge < -0.3 is 5.32 Å². The molecule has 0 unspecified atom stereocenters. The summed E-state index contributed by atoms with van der Waals surface area (Å²) in [5.41, 5.74) is 4.45. The molecule has 0 aliphatic rings. The van der Waals surface area contributed by atoms with E-state index in [1.165, 1.54) is 11.1 Å².